The number of likely N-dealkylation sites (tertiary alicyclic amines) is 1. The number of nitrogens with one attached hydrogen (secondary N) is 1. The molecule has 2 unspecified atom stereocenters. The molecule has 2 heterocycles. The minimum atomic E-state index is 0.286. The van der Waals surface area contributed by atoms with E-state index in [9.17, 15) is 4.79 Å². The zero-order valence-corrected chi connectivity index (χ0v) is 13.5. The molecular formula is C17H24N2OS. The van der Waals surface area contributed by atoms with Crippen molar-refractivity contribution < 1.29 is 4.79 Å². The van der Waals surface area contributed by atoms with Gasteiger partial charge in [0.15, 0.2) is 0 Å². The van der Waals surface area contributed by atoms with Crippen LogP contribution in [0.15, 0.2) is 24.3 Å². The van der Waals surface area contributed by atoms with Crippen molar-refractivity contribution in [3.63, 3.8) is 0 Å². The zero-order valence-electron chi connectivity index (χ0n) is 12.7. The van der Waals surface area contributed by atoms with E-state index in [0.29, 0.717) is 18.4 Å². The molecular weight excluding hydrogens is 280 g/mol. The van der Waals surface area contributed by atoms with Crippen LogP contribution >= 0.6 is 11.8 Å². The first-order valence-corrected chi connectivity index (χ1v) is 9.06. The van der Waals surface area contributed by atoms with Gasteiger partial charge in [0.2, 0.25) is 5.91 Å². The number of benzene rings is 1. The number of hydrogen-bond donors (Lipinski definition) is 1. The maximum absolute atomic E-state index is 12.6. The van der Waals surface area contributed by atoms with E-state index in [2.05, 4.69) is 41.4 Å². The van der Waals surface area contributed by atoms with Gasteiger partial charge in [-0.15, -0.1) is 0 Å². The van der Waals surface area contributed by atoms with E-state index in [1.165, 1.54) is 16.9 Å². The number of hydrogen-bond acceptors (Lipinski definition) is 3. The average Bonchev–Trinajstić information content (AvgIpc) is 2.98. The lowest BCUT2D eigenvalue weighted by Crippen LogP contribution is -2.42. The van der Waals surface area contributed by atoms with E-state index in [-0.39, 0.29) is 6.04 Å². The molecule has 0 radical (unpaired) electrons. The molecule has 3 rings (SSSR count). The lowest BCUT2D eigenvalue weighted by molar-refractivity contribution is -0.132. The molecule has 114 valence electrons. The highest BCUT2D eigenvalue weighted by molar-refractivity contribution is 7.99. The first-order valence-electron chi connectivity index (χ1n) is 7.91. The molecule has 2 fully saturated rings. The Kier molecular flexibility index (Phi) is 4.86. The summed E-state index contributed by atoms with van der Waals surface area (Å²) in [5.74, 6) is 2.55. The molecule has 0 saturated carbocycles. The minimum absolute atomic E-state index is 0.286. The van der Waals surface area contributed by atoms with Crippen LogP contribution in [0.3, 0.4) is 0 Å². The van der Waals surface area contributed by atoms with E-state index >= 15 is 0 Å². The van der Waals surface area contributed by atoms with Crippen molar-refractivity contribution in [2.45, 2.75) is 38.3 Å². The van der Waals surface area contributed by atoms with Gasteiger partial charge in [-0.1, -0.05) is 29.8 Å². The van der Waals surface area contributed by atoms with Crippen LogP contribution < -0.4 is 5.32 Å². The van der Waals surface area contributed by atoms with Crippen LogP contribution in [-0.2, 0) is 4.79 Å². The molecule has 4 heteroatoms. The van der Waals surface area contributed by atoms with Crippen molar-refractivity contribution in [1.82, 2.24) is 10.2 Å². The highest BCUT2D eigenvalue weighted by atomic mass is 32.2. The molecule has 2 aliphatic rings. The number of carbonyl (C=O) groups excluding carboxylic acids is 1. The third-order valence-electron chi connectivity index (χ3n) is 4.45. The Labute approximate surface area is 131 Å². The van der Waals surface area contributed by atoms with E-state index in [4.69, 9.17) is 0 Å². The first kappa shape index (κ1) is 14.9. The van der Waals surface area contributed by atoms with Gasteiger partial charge in [0.25, 0.3) is 0 Å². The van der Waals surface area contributed by atoms with Gasteiger partial charge in [-0.3, -0.25) is 4.79 Å². The fourth-order valence-electron chi connectivity index (χ4n) is 3.28. The van der Waals surface area contributed by atoms with E-state index in [1.807, 2.05) is 11.8 Å². The minimum Gasteiger partial charge on any atom is -0.336 e. The predicted molar refractivity (Wildman–Crippen MR) is 88.6 cm³/mol. The predicted octanol–water partition coefficient (Wildman–Crippen LogP) is 2.75. The molecule has 2 aliphatic heterocycles. The third-order valence-corrected chi connectivity index (χ3v) is 5.59. The lowest BCUT2D eigenvalue weighted by Gasteiger charge is -2.29. The molecule has 1 amide bonds. The maximum Gasteiger partial charge on any atom is 0.224 e. The summed E-state index contributed by atoms with van der Waals surface area (Å²) in [5.41, 5.74) is 2.57. The van der Waals surface area contributed by atoms with Gasteiger partial charge in [0, 0.05) is 37.1 Å². The van der Waals surface area contributed by atoms with Crippen molar-refractivity contribution in [2.24, 2.45) is 0 Å². The molecule has 0 aliphatic carbocycles. The summed E-state index contributed by atoms with van der Waals surface area (Å²) in [7, 11) is 0. The summed E-state index contributed by atoms with van der Waals surface area (Å²) in [6, 6.07) is 9.30. The summed E-state index contributed by atoms with van der Waals surface area (Å²) in [6.45, 7) is 4.05. The van der Waals surface area contributed by atoms with E-state index in [1.54, 1.807) is 0 Å². The molecule has 1 aromatic carbocycles. The van der Waals surface area contributed by atoms with E-state index in [0.717, 1.165) is 31.7 Å². The summed E-state index contributed by atoms with van der Waals surface area (Å²) in [6.07, 6.45) is 2.87. The van der Waals surface area contributed by atoms with Crippen LogP contribution in [0.4, 0.5) is 0 Å². The Morgan fingerprint density at radius 3 is 2.90 bits per heavy atom. The second kappa shape index (κ2) is 6.84. The molecule has 2 saturated heterocycles. The number of nitrogens with zero attached hydrogens (tertiary/aromatic N) is 1. The number of carbonyl (C=O) groups is 1. The summed E-state index contributed by atoms with van der Waals surface area (Å²) in [4.78, 5) is 14.7. The van der Waals surface area contributed by atoms with Crippen LogP contribution in [0, 0.1) is 6.92 Å². The van der Waals surface area contributed by atoms with Gasteiger partial charge in [0.1, 0.15) is 0 Å². The highest BCUT2D eigenvalue weighted by Gasteiger charge is 2.31. The Morgan fingerprint density at radius 2 is 2.19 bits per heavy atom. The van der Waals surface area contributed by atoms with Crippen molar-refractivity contribution in [3.05, 3.63) is 35.4 Å². The molecule has 3 nitrogen and oxygen atoms in total. The lowest BCUT2D eigenvalue weighted by atomic mass is 10.0. The summed E-state index contributed by atoms with van der Waals surface area (Å²) in [5, 5.41) is 3.47. The number of thioether (sulfide) groups is 1. The Bertz CT molecular complexity index is 482. The Hall–Kier alpha value is -1.00. The molecule has 2 atom stereocenters. The van der Waals surface area contributed by atoms with Crippen LogP contribution in [-0.4, -0.2) is 41.4 Å². The number of aryl methyl sites for hydroxylation is 1. The molecule has 0 aromatic heterocycles. The SMILES string of the molecule is Cc1ccc(C2CCCN2C(=O)CC2CSCCN2)cc1. The molecule has 21 heavy (non-hydrogen) atoms. The Morgan fingerprint density at radius 1 is 1.38 bits per heavy atom. The molecule has 0 spiro atoms. The topological polar surface area (TPSA) is 32.3 Å². The molecule has 1 N–H and O–H groups in total. The average molecular weight is 304 g/mol. The quantitative estimate of drug-likeness (QED) is 0.932. The zero-order chi connectivity index (χ0) is 14.7. The Balaban J connectivity index is 1.65. The number of rotatable bonds is 3. The third kappa shape index (κ3) is 3.61. The van der Waals surface area contributed by atoms with Gasteiger partial charge in [0.05, 0.1) is 6.04 Å². The van der Waals surface area contributed by atoms with Crippen molar-refractivity contribution in [1.29, 1.82) is 0 Å². The van der Waals surface area contributed by atoms with Gasteiger partial charge in [-0.25, -0.2) is 0 Å². The van der Waals surface area contributed by atoms with Crippen molar-refractivity contribution >= 4 is 17.7 Å². The summed E-state index contributed by atoms with van der Waals surface area (Å²) < 4.78 is 0. The van der Waals surface area contributed by atoms with Crippen molar-refractivity contribution in [3.8, 4) is 0 Å². The maximum atomic E-state index is 12.6. The second-order valence-electron chi connectivity index (χ2n) is 6.09. The van der Waals surface area contributed by atoms with E-state index < -0.39 is 0 Å². The van der Waals surface area contributed by atoms with Crippen LogP contribution in [0.5, 0.6) is 0 Å². The standard InChI is InChI=1S/C17H24N2OS/c1-13-4-6-14(7-5-13)16-3-2-9-19(16)17(20)11-15-12-21-10-8-18-15/h4-7,15-16,18H,2-3,8-12H2,1H3. The summed E-state index contributed by atoms with van der Waals surface area (Å²) >= 11 is 1.95. The second-order valence-corrected chi connectivity index (χ2v) is 7.24. The van der Waals surface area contributed by atoms with Crippen LogP contribution in [0.25, 0.3) is 0 Å². The van der Waals surface area contributed by atoms with Gasteiger partial charge >= 0.3 is 0 Å². The fourth-order valence-corrected chi connectivity index (χ4v) is 4.23. The van der Waals surface area contributed by atoms with Gasteiger partial charge < -0.3 is 10.2 Å². The smallest absolute Gasteiger partial charge is 0.224 e. The van der Waals surface area contributed by atoms with Crippen LogP contribution in [0.2, 0.25) is 0 Å². The largest absolute Gasteiger partial charge is 0.336 e. The van der Waals surface area contributed by atoms with Crippen molar-refractivity contribution in [2.75, 3.05) is 24.6 Å². The van der Waals surface area contributed by atoms with Gasteiger partial charge in [-0.2, -0.15) is 11.8 Å². The molecule has 1 aromatic rings. The monoisotopic (exact) mass is 304 g/mol. The van der Waals surface area contributed by atoms with Gasteiger partial charge in [-0.05, 0) is 25.3 Å². The fraction of sp³-hybridized carbons (Fsp3) is 0.588. The molecule has 0 bridgehead atoms. The normalized spacial score (nSPS) is 26.0. The van der Waals surface area contributed by atoms with Crippen LogP contribution in [0.1, 0.15) is 36.4 Å². The highest BCUT2D eigenvalue weighted by Crippen LogP contribution is 2.32. The first-order chi connectivity index (χ1) is 10.2. The number of amides is 1.